The van der Waals surface area contributed by atoms with Crippen molar-refractivity contribution in [2.45, 2.75) is 58.3 Å². The lowest BCUT2D eigenvalue weighted by atomic mass is 10.4. The van der Waals surface area contributed by atoms with E-state index in [9.17, 15) is 0 Å². The summed E-state index contributed by atoms with van der Waals surface area (Å²) in [5, 5.41) is 0. The number of allylic oxidation sites excluding steroid dienone is 4. The van der Waals surface area contributed by atoms with Crippen molar-refractivity contribution in [2.24, 2.45) is 0 Å². The van der Waals surface area contributed by atoms with Crippen LogP contribution in [0, 0.1) is 24.2 Å². The molecular weight excluding hydrogens is 349 g/mol. The predicted octanol–water partition coefficient (Wildman–Crippen LogP) is 6.55. The van der Waals surface area contributed by atoms with Crippen LogP contribution < -0.4 is 0 Å². The molecule has 0 aromatic rings. The van der Waals surface area contributed by atoms with Crippen molar-refractivity contribution in [3.05, 3.63) is 22.0 Å². The third-order valence-electron chi connectivity index (χ3n) is 3.00. The van der Waals surface area contributed by atoms with Crippen LogP contribution in [0.15, 0.2) is 22.0 Å². The lowest BCUT2D eigenvalue weighted by molar-refractivity contribution is 1.38. The van der Waals surface area contributed by atoms with Gasteiger partial charge >= 0.3 is 0 Å². The molecule has 0 unspecified atom stereocenters. The molecule has 0 saturated carbocycles. The van der Waals surface area contributed by atoms with Gasteiger partial charge in [-0.3, -0.25) is 0 Å². The normalized spacial score (nSPS) is 13.3. The molecule has 23 heavy (non-hydrogen) atoms. The molecule has 0 N–H and O–H groups in total. The Kier molecular flexibility index (Phi) is 11.2. The van der Waals surface area contributed by atoms with Crippen LogP contribution in [0.4, 0.5) is 0 Å². The quantitative estimate of drug-likeness (QED) is 0.252. The summed E-state index contributed by atoms with van der Waals surface area (Å²) in [5.74, 6) is 11.3. The molecule has 4 heteroatoms. The summed E-state index contributed by atoms with van der Waals surface area (Å²) in [6.45, 7) is 16.3. The van der Waals surface area contributed by atoms with Gasteiger partial charge in [-0.05, 0) is 42.7 Å². The summed E-state index contributed by atoms with van der Waals surface area (Å²) in [6, 6.07) is 2.62. The summed E-state index contributed by atoms with van der Waals surface area (Å²) >= 11 is 3.66. The fourth-order valence-corrected chi connectivity index (χ4v) is 8.21. The highest BCUT2D eigenvalue weighted by Crippen LogP contribution is 2.23. The van der Waals surface area contributed by atoms with Gasteiger partial charge in [-0.25, -0.2) is 0 Å². The van der Waals surface area contributed by atoms with Crippen LogP contribution in [-0.2, 0) is 0 Å². The second kappa shape index (κ2) is 11.3. The first-order chi connectivity index (χ1) is 10.6. The van der Waals surface area contributed by atoms with Crippen LogP contribution in [0.3, 0.4) is 0 Å². The second-order valence-electron chi connectivity index (χ2n) is 7.90. The molecule has 0 radical (unpaired) electrons. The SMILES string of the molecule is C#C/C(=C/C=C(/C#CC)SCC[Si](C)(C)C)SCC[Si](C)(C)C. The Morgan fingerprint density at radius 1 is 0.870 bits per heavy atom. The van der Waals surface area contributed by atoms with E-state index in [1.54, 1.807) is 11.8 Å². The molecule has 128 valence electrons. The molecule has 0 atom stereocenters. The van der Waals surface area contributed by atoms with Crippen LogP contribution in [0.2, 0.25) is 51.4 Å². The number of thioether (sulfide) groups is 2. The van der Waals surface area contributed by atoms with Gasteiger partial charge in [0, 0.05) is 16.1 Å². The van der Waals surface area contributed by atoms with Crippen LogP contribution in [0.1, 0.15) is 6.92 Å². The van der Waals surface area contributed by atoms with Gasteiger partial charge in [0.15, 0.2) is 0 Å². The van der Waals surface area contributed by atoms with E-state index in [1.165, 1.54) is 12.1 Å². The van der Waals surface area contributed by atoms with E-state index in [1.807, 2.05) is 18.7 Å². The van der Waals surface area contributed by atoms with Gasteiger partial charge in [-0.2, -0.15) is 0 Å². The summed E-state index contributed by atoms with van der Waals surface area (Å²) in [6.07, 6.45) is 9.81. The van der Waals surface area contributed by atoms with E-state index >= 15 is 0 Å². The summed E-state index contributed by atoms with van der Waals surface area (Å²) < 4.78 is 0. The summed E-state index contributed by atoms with van der Waals surface area (Å²) in [7, 11) is -1.96. The molecule has 0 nitrogen and oxygen atoms in total. The molecule has 0 bridgehead atoms. The number of hydrogen-bond acceptors (Lipinski definition) is 2. The van der Waals surface area contributed by atoms with Crippen molar-refractivity contribution in [2.75, 3.05) is 11.5 Å². The van der Waals surface area contributed by atoms with Gasteiger partial charge in [0.25, 0.3) is 0 Å². The van der Waals surface area contributed by atoms with Crippen molar-refractivity contribution >= 4 is 39.7 Å². The van der Waals surface area contributed by atoms with Crippen LogP contribution in [0.25, 0.3) is 0 Å². The molecule has 0 aliphatic heterocycles. The molecule has 0 fully saturated rings. The molecule has 0 aromatic carbocycles. The van der Waals surface area contributed by atoms with E-state index in [0.29, 0.717) is 0 Å². The fraction of sp³-hybridized carbons (Fsp3) is 0.579. The van der Waals surface area contributed by atoms with Crippen molar-refractivity contribution in [3.63, 3.8) is 0 Å². The third kappa shape index (κ3) is 15.0. The monoisotopic (exact) mass is 380 g/mol. The minimum Gasteiger partial charge on any atom is -0.117 e. The van der Waals surface area contributed by atoms with Gasteiger partial charge in [-0.1, -0.05) is 51.1 Å². The smallest absolute Gasteiger partial charge is 0.0573 e. The largest absolute Gasteiger partial charge is 0.117 e. The summed E-state index contributed by atoms with van der Waals surface area (Å²) in [5.41, 5.74) is 0. The minimum absolute atomic E-state index is 0.978. The van der Waals surface area contributed by atoms with Gasteiger partial charge in [0.05, 0.1) is 9.81 Å². The Morgan fingerprint density at radius 3 is 1.70 bits per heavy atom. The van der Waals surface area contributed by atoms with E-state index < -0.39 is 16.1 Å². The van der Waals surface area contributed by atoms with Crippen LogP contribution in [-0.4, -0.2) is 27.7 Å². The molecule has 0 amide bonds. The fourth-order valence-electron chi connectivity index (χ4n) is 1.47. The highest BCUT2D eigenvalue weighted by atomic mass is 32.2. The number of terminal acetylenes is 1. The first-order valence-corrected chi connectivity index (χ1v) is 17.5. The maximum absolute atomic E-state index is 5.65. The standard InChI is InChI=1S/C19H32S2Si2/c1-9-11-19(21-15-17-23(6,7)8)13-12-18(10-2)20-14-16-22(3,4)5/h2,12-13H,14-17H2,1,3-8H3/b18-12-,19-13-. The third-order valence-corrected chi connectivity index (χ3v) is 9.15. The first-order valence-electron chi connectivity index (χ1n) is 8.14. The lowest BCUT2D eigenvalue weighted by Crippen LogP contribution is -2.19. The van der Waals surface area contributed by atoms with Crippen LogP contribution in [0.5, 0.6) is 0 Å². The highest BCUT2D eigenvalue weighted by molar-refractivity contribution is 8.03. The lowest BCUT2D eigenvalue weighted by Gasteiger charge is -2.15. The zero-order valence-electron chi connectivity index (χ0n) is 15.9. The Labute approximate surface area is 155 Å². The van der Waals surface area contributed by atoms with Crippen molar-refractivity contribution in [1.29, 1.82) is 0 Å². The predicted molar refractivity (Wildman–Crippen MR) is 120 cm³/mol. The maximum Gasteiger partial charge on any atom is 0.0573 e. The van der Waals surface area contributed by atoms with E-state index in [4.69, 9.17) is 6.42 Å². The average Bonchev–Trinajstić information content (AvgIpc) is 2.39. The molecular formula is C19H32S2Si2. The maximum atomic E-state index is 5.65. The van der Waals surface area contributed by atoms with E-state index in [0.717, 1.165) is 21.3 Å². The van der Waals surface area contributed by atoms with Gasteiger partial charge in [-0.15, -0.1) is 35.9 Å². The Balaban J connectivity index is 4.68. The minimum atomic E-state index is -0.984. The van der Waals surface area contributed by atoms with E-state index in [2.05, 4.69) is 69.2 Å². The Morgan fingerprint density at radius 2 is 1.30 bits per heavy atom. The van der Waals surface area contributed by atoms with Gasteiger partial charge < -0.3 is 0 Å². The zero-order valence-corrected chi connectivity index (χ0v) is 19.5. The highest BCUT2D eigenvalue weighted by Gasteiger charge is 2.13. The Hall–Kier alpha value is -0.266. The Bertz CT molecular complexity index is 515. The second-order valence-corrected chi connectivity index (χ2v) is 21.4. The van der Waals surface area contributed by atoms with Crippen molar-refractivity contribution < 1.29 is 0 Å². The molecule has 0 rings (SSSR count). The van der Waals surface area contributed by atoms with Crippen molar-refractivity contribution in [1.82, 2.24) is 0 Å². The molecule has 0 spiro atoms. The van der Waals surface area contributed by atoms with Crippen molar-refractivity contribution in [3.8, 4) is 24.2 Å². The zero-order chi connectivity index (χ0) is 17.9. The number of hydrogen-bond donors (Lipinski definition) is 0. The average molecular weight is 381 g/mol. The first kappa shape index (κ1) is 22.7. The van der Waals surface area contributed by atoms with Crippen LogP contribution >= 0.6 is 23.5 Å². The van der Waals surface area contributed by atoms with E-state index in [-0.39, 0.29) is 0 Å². The molecule has 0 heterocycles. The molecule has 0 saturated heterocycles. The van der Waals surface area contributed by atoms with Gasteiger partial charge in [0.2, 0.25) is 0 Å². The molecule has 0 aliphatic rings. The van der Waals surface area contributed by atoms with Gasteiger partial charge in [0.1, 0.15) is 0 Å². The number of rotatable bonds is 9. The molecule has 0 aliphatic carbocycles. The molecule has 0 aromatic heterocycles. The topological polar surface area (TPSA) is 0 Å². The summed E-state index contributed by atoms with van der Waals surface area (Å²) in [4.78, 5) is 2.15.